The fourth-order valence-corrected chi connectivity index (χ4v) is 2.40. The van der Waals surface area contributed by atoms with E-state index in [4.69, 9.17) is 10.5 Å². The average Bonchev–Trinajstić information content (AvgIpc) is 2.39. The number of anilines is 1. The summed E-state index contributed by atoms with van der Waals surface area (Å²) in [5.74, 6) is 1.64. The molecule has 0 aliphatic carbocycles. The highest BCUT2D eigenvalue weighted by Crippen LogP contribution is 2.24. The Morgan fingerprint density at radius 2 is 2.28 bits per heavy atom. The average molecular weight is 249 g/mol. The van der Waals surface area contributed by atoms with Gasteiger partial charge in [-0.2, -0.15) is 0 Å². The Labute approximate surface area is 109 Å². The first kappa shape index (κ1) is 13.3. The van der Waals surface area contributed by atoms with E-state index >= 15 is 0 Å². The monoisotopic (exact) mass is 249 g/mol. The Kier molecular flexibility index (Phi) is 4.19. The fourth-order valence-electron chi connectivity index (χ4n) is 2.40. The third-order valence-corrected chi connectivity index (χ3v) is 3.81. The minimum absolute atomic E-state index is 0.0413. The topological polar surface area (TPSA) is 51.4 Å². The first-order valence-corrected chi connectivity index (χ1v) is 6.61. The first-order chi connectivity index (χ1) is 8.61. The molecule has 0 spiro atoms. The quantitative estimate of drug-likeness (QED) is 0.889. The number of methoxy groups -OCH3 is 1. The van der Waals surface area contributed by atoms with E-state index in [-0.39, 0.29) is 6.04 Å². The van der Waals surface area contributed by atoms with Gasteiger partial charge in [0, 0.05) is 32.4 Å². The smallest absolute Gasteiger partial charge is 0.128 e. The van der Waals surface area contributed by atoms with Crippen molar-refractivity contribution in [3.8, 4) is 0 Å². The molecule has 3 atom stereocenters. The molecule has 4 nitrogen and oxygen atoms in total. The molecule has 1 aromatic heterocycles. The molecule has 0 saturated carbocycles. The zero-order valence-electron chi connectivity index (χ0n) is 11.5. The number of piperidine rings is 1. The molecule has 4 heteroatoms. The number of pyridine rings is 1. The van der Waals surface area contributed by atoms with Crippen LogP contribution in [-0.4, -0.2) is 31.3 Å². The largest absolute Gasteiger partial charge is 0.379 e. The van der Waals surface area contributed by atoms with Gasteiger partial charge in [-0.05, 0) is 30.9 Å². The van der Waals surface area contributed by atoms with Gasteiger partial charge >= 0.3 is 0 Å². The second kappa shape index (κ2) is 5.67. The molecule has 2 N–H and O–H groups in total. The van der Waals surface area contributed by atoms with Crippen molar-refractivity contribution in [1.82, 2.24) is 4.98 Å². The summed E-state index contributed by atoms with van der Waals surface area (Å²) >= 11 is 0. The molecule has 1 aliphatic heterocycles. The Morgan fingerprint density at radius 1 is 1.50 bits per heavy atom. The van der Waals surface area contributed by atoms with Crippen LogP contribution in [0.1, 0.15) is 31.9 Å². The van der Waals surface area contributed by atoms with Gasteiger partial charge in [0.05, 0.1) is 6.10 Å². The van der Waals surface area contributed by atoms with Crippen LogP contribution in [0, 0.1) is 5.92 Å². The predicted octanol–water partition coefficient (Wildman–Crippen LogP) is 1.96. The highest BCUT2D eigenvalue weighted by molar-refractivity contribution is 5.40. The lowest BCUT2D eigenvalue weighted by atomic mass is 9.96. The highest BCUT2D eigenvalue weighted by atomic mass is 16.5. The molecule has 1 fully saturated rings. The van der Waals surface area contributed by atoms with E-state index in [0.717, 1.165) is 30.9 Å². The second-order valence-electron chi connectivity index (χ2n) is 5.22. The van der Waals surface area contributed by atoms with E-state index in [0.29, 0.717) is 12.0 Å². The lowest BCUT2D eigenvalue weighted by Crippen LogP contribution is -2.44. The van der Waals surface area contributed by atoms with Crippen molar-refractivity contribution >= 4 is 5.82 Å². The number of hydrogen-bond acceptors (Lipinski definition) is 4. The third-order valence-electron chi connectivity index (χ3n) is 3.81. The number of nitrogens with two attached hydrogens (primary N) is 1. The summed E-state index contributed by atoms with van der Waals surface area (Å²) in [6, 6.07) is 4.16. The predicted molar refractivity (Wildman–Crippen MR) is 73.6 cm³/mol. The van der Waals surface area contributed by atoms with E-state index in [2.05, 4.69) is 28.9 Å². The Bertz CT molecular complexity index is 377. The van der Waals surface area contributed by atoms with Crippen molar-refractivity contribution in [2.24, 2.45) is 11.7 Å². The van der Waals surface area contributed by atoms with Crippen molar-refractivity contribution in [3.05, 3.63) is 23.9 Å². The molecule has 0 aromatic carbocycles. The van der Waals surface area contributed by atoms with Crippen molar-refractivity contribution in [2.45, 2.75) is 32.4 Å². The van der Waals surface area contributed by atoms with E-state index in [1.165, 1.54) is 0 Å². The number of aromatic nitrogens is 1. The van der Waals surface area contributed by atoms with Crippen molar-refractivity contribution < 1.29 is 4.74 Å². The fraction of sp³-hybridized carbons (Fsp3) is 0.643. The molecule has 1 saturated heterocycles. The zero-order valence-corrected chi connectivity index (χ0v) is 11.5. The Hall–Kier alpha value is -1.13. The molecule has 0 radical (unpaired) electrons. The molecule has 1 aliphatic rings. The normalized spacial score (nSPS) is 26.1. The van der Waals surface area contributed by atoms with E-state index < -0.39 is 0 Å². The van der Waals surface area contributed by atoms with Crippen molar-refractivity contribution in [2.75, 3.05) is 25.1 Å². The molecule has 100 valence electrons. The molecule has 1 aromatic rings. The maximum Gasteiger partial charge on any atom is 0.128 e. The molecule has 2 rings (SSSR count). The minimum Gasteiger partial charge on any atom is -0.379 e. The van der Waals surface area contributed by atoms with Crippen LogP contribution in [0.5, 0.6) is 0 Å². The molecule has 0 amide bonds. The van der Waals surface area contributed by atoms with E-state index in [1.54, 1.807) is 7.11 Å². The van der Waals surface area contributed by atoms with Gasteiger partial charge in [0.25, 0.3) is 0 Å². The molecule has 0 bridgehead atoms. The van der Waals surface area contributed by atoms with Crippen LogP contribution in [0.3, 0.4) is 0 Å². The van der Waals surface area contributed by atoms with Gasteiger partial charge in [-0.25, -0.2) is 4.98 Å². The summed E-state index contributed by atoms with van der Waals surface area (Å²) in [5, 5.41) is 0. The summed E-state index contributed by atoms with van der Waals surface area (Å²) in [5.41, 5.74) is 6.91. The molecule has 2 heterocycles. The second-order valence-corrected chi connectivity index (χ2v) is 5.22. The van der Waals surface area contributed by atoms with Gasteiger partial charge < -0.3 is 15.4 Å². The Morgan fingerprint density at radius 3 is 2.83 bits per heavy atom. The summed E-state index contributed by atoms with van der Waals surface area (Å²) < 4.78 is 5.53. The molecular weight excluding hydrogens is 226 g/mol. The van der Waals surface area contributed by atoms with Crippen LogP contribution in [0.4, 0.5) is 5.82 Å². The highest BCUT2D eigenvalue weighted by Gasteiger charge is 2.26. The van der Waals surface area contributed by atoms with Crippen molar-refractivity contribution in [3.63, 3.8) is 0 Å². The molecular formula is C14H23N3O. The van der Waals surface area contributed by atoms with Gasteiger partial charge in [-0.1, -0.05) is 13.0 Å². The van der Waals surface area contributed by atoms with Crippen LogP contribution in [0.15, 0.2) is 18.3 Å². The third kappa shape index (κ3) is 2.82. The SMILES string of the molecule is COC1CN(c2ccc([C@H](C)N)cn2)CCC1C. The van der Waals surface area contributed by atoms with Crippen LogP contribution in [0.2, 0.25) is 0 Å². The molecule has 2 unspecified atom stereocenters. The lowest BCUT2D eigenvalue weighted by Gasteiger charge is -2.36. The van der Waals surface area contributed by atoms with Gasteiger partial charge in [0.2, 0.25) is 0 Å². The number of nitrogens with zero attached hydrogens (tertiary/aromatic N) is 2. The minimum atomic E-state index is 0.0413. The van der Waals surface area contributed by atoms with E-state index in [1.807, 2.05) is 13.1 Å². The van der Waals surface area contributed by atoms with Crippen molar-refractivity contribution in [1.29, 1.82) is 0 Å². The lowest BCUT2D eigenvalue weighted by molar-refractivity contribution is 0.0496. The zero-order chi connectivity index (χ0) is 13.1. The van der Waals surface area contributed by atoms with Gasteiger partial charge in [0.1, 0.15) is 5.82 Å². The Balaban J connectivity index is 2.07. The van der Waals surface area contributed by atoms with Crippen LogP contribution in [0.25, 0.3) is 0 Å². The summed E-state index contributed by atoms with van der Waals surface area (Å²) in [6.45, 7) is 6.19. The first-order valence-electron chi connectivity index (χ1n) is 6.61. The summed E-state index contributed by atoms with van der Waals surface area (Å²) in [4.78, 5) is 6.80. The molecule has 18 heavy (non-hydrogen) atoms. The van der Waals surface area contributed by atoms with Crippen LogP contribution >= 0.6 is 0 Å². The number of rotatable bonds is 3. The number of hydrogen-bond donors (Lipinski definition) is 1. The summed E-state index contributed by atoms with van der Waals surface area (Å²) in [6.07, 6.45) is 3.32. The standard InChI is InChI=1S/C14H23N3O/c1-10-6-7-17(9-13(10)18-3)14-5-4-12(8-16-14)11(2)15/h4-5,8,10-11,13H,6-7,9,15H2,1-3H3/t10?,11-,13?/m0/s1. The van der Waals surface area contributed by atoms with Gasteiger partial charge in [-0.3, -0.25) is 0 Å². The van der Waals surface area contributed by atoms with Gasteiger partial charge in [-0.15, -0.1) is 0 Å². The number of ether oxygens (including phenoxy) is 1. The van der Waals surface area contributed by atoms with Crippen LogP contribution < -0.4 is 10.6 Å². The summed E-state index contributed by atoms with van der Waals surface area (Å²) in [7, 11) is 1.79. The maximum atomic E-state index is 5.83. The van der Waals surface area contributed by atoms with Gasteiger partial charge in [0.15, 0.2) is 0 Å². The van der Waals surface area contributed by atoms with Crippen LogP contribution in [-0.2, 0) is 4.74 Å². The van der Waals surface area contributed by atoms with E-state index in [9.17, 15) is 0 Å². The maximum absolute atomic E-state index is 5.83.